The van der Waals surface area contributed by atoms with Crippen molar-refractivity contribution in [2.24, 2.45) is 0 Å². The fraction of sp³-hybridized carbons (Fsp3) is 0.286. The molecule has 8 aromatic rings. The monoisotopic (exact) mass is 958 g/mol. The molecule has 0 bridgehead atoms. The average Bonchev–Trinajstić information content (AvgIpc) is 3.83. The van der Waals surface area contributed by atoms with Gasteiger partial charge >= 0.3 is 17.1 Å². The number of rotatable bonds is 0. The van der Waals surface area contributed by atoms with Crippen LogP contribution in [0.2, 0.25) is 0 Å². The van der Waals surface area contributed by atoms with Gasteiger partial charge in [0.05, 0.1) is 11.4 Å². The predicted octanol–water partition coefficient (Wildman–Crippen LogP) is -13.8. The molecule has 0 fully saturated rings. The molecule has 0 radical (unpaired) electrons. The molecule has 0 spiro atoms. The molecule has 0 amide bonds. The second-order valence-corrected chi connectivity index (χ2v) is 12.3. The molecule has 342 valence electrons. The van der Waals surface area contributed by atoms with Crippen LogP contribution in [0.15, 0.2) is 49.6 Å². The zero-order valence-corrected chi connectivity index (χ0v) is 36.1. The topological polar surface area (TPSA) is 554 Å². The maximum Gasteiger partial charge on any atom is 2.00 e. The minimum atomic E-state index is -4.94. The first-order valence-corrected chi connectivity index (χ1v) is 17.4. The summed E-state index contributed by atoms with van der Waals surface area (Å²) < 4.78 is 74.8. The van der Waals surface area contributed by atoms with Crippen LogP contribution < -0.4 is 56.5 Å². The molecule has 30 nitrogen and oxygen atoms in total. The number of nitrogens with zero attached hydrogens (tertiary/aromatic N) is 16. The van der Waals surface area contributed by atoms with Gasteiger partial charge in [0.1, 0.15) is 24.0 Å². The van der Waals surface area contributed by atoms with E-state index in [2.05, 4.69) is 60.3 Å². The van der Waals surface area contributed by atoms with Crippen LogP contribution in [0.3, 0.4) is 0 Å². The molecule has 0 aliphatic carbocycles. The van der Waals surface area contributed by atoms with Gasteiger partial charge < -0.3 is 53.0 Å². The van der Waals surface area contributed by atoms with E-state index in [1.54, 1.807) is 18.1 Å². The van der Waals surface area contributed by atoms with E-state index in [-0.39, 0.29) is 49.9 Å². The zero-order valence-electron chi connectivity index (χ0n) is 33.5. The minimum absolute atomic E-state index is 0. The Morgan fingerprint density at radius 1 is 0.475 bits per heavy atom. The fourth-order valence-corrected chi connectivity index (χ4v) is 4.46. The van der Waals surface area contributed by atoms with E-state index in [9.17, 15) is 0 Å². The van der Waals surface area contributed by atoms with Crippen LogP contribution in [0, 0.1) is 75.9 Å². The molecule has 0 saturated heterocycles. The van der Waals surface area contributed by atoms with Gasteiger partial charge in [-0.05, 0) is 67.5 Å². The number of hydrogen-bond acceptors (Lipinski definition) is 18. The van der Waals surface area contributed by atoms with Crippen molar-refractivity contribution < 1.29 is 117 Å². The molecule has 8 aromatic heterocycles. The van der Waals surface area contributed by atoms with E-state index < -0.39 is 20.5 Å². The van der Waals surface area contributed by atoms with Gasteiger partial charge in [-0.1, -0.05) is 12.7 Å². The number of aromatic nitrogens is 16. The van der Waals surface area contributed by atoms with Crippen LogP contribution in [-0.2, 0) is 39.0 Å². The molecule has 8 rings (SSSR count). The largest absolute Gasteiger partial charge is 2.00 e. The molecule has 0 aliphatic heterocycles. The molecule has 0 saturated carbocycles. The van der Waals surface area contributed by atoms with Crippen molar-refractivity contribution in [2.75, 3.05) is 0 Å². The van der Waals surface area contributed by atoms with Crippen LogP contribution >= 0.6 is 0 Å². The number of fused-ring (bicyclic) bond motifs is 4. The molecular weight excluding hydrogens is 911 g/mol. The Bertz CT molecular complexity index is 2110. The van der Waals surface area contributed by atoms with Crippen molar-refractivity contribution in [2.45, 2.75) is 55.4 Å². The van der Waals surface area contributed by atoms with Gasteiger partial charge in [-0.2, -0.15) is 20.2 Å². The number of aryl methyl sites for hydroxylation is 8. The standard InChI is InChI=1S/4C7H8N4.2ClHO4.Fe.6H2O/c4*1-5-3-6(2)11-7(10-5)8-4-9-11;2*2-1(3,4)5;;;;;;;/h4*3-4H,1-2H3;2*(H,2,3,4,5);;6*1H2/q;;;;;;+2;;;;;;/p+2. The summed E-state index contributed by atoms with van der Waals surface area (Å²) in [4.78, 5) is 32.7. The van der Waals surface area contributed by atoms with Crippen molar-refractivity contribution in [1.82, 2.24) is 69.3 Å². The second-order valence-electron chi connectivity index (χ2n) is 10.8. The van der Waals surface area contributed by atoms with Gasteiger partial charge in [-0.3, -0.25) is 0 Å². The Hall–Kier alpha value is -5.26. The first-order valence-electron chi connectivity index (χ1n) is 14.9. The third kappa shape index (κ3) is 22.2. The summed E-state index contributed by atoms with van der Waals surface area (Å²) in [7, 11) is -9.89. The van der Waals surface area contributed by atoms with Gasteiger partial charge in [-0.15, -0.1) is 30.5 Å². The number of halogens is 2. The van der Waals surface area contributed by atoms with Crippen LogP contribution in [0.25, 0.3) is 23.1 Å². The molecular formula is C28H48Cl2FeN16O14+4. The van der Waals surface area contributed by atoms with Gasteiger partial charge in [0.15, 0.2) is 0 Å². The second kappa shape index (κ2) is 28.3. The van der Waals surface area contributed by atoms with E-state index in [1.165, 1.54) is 25.3 Å². The summed E-state index contributed by atoms with van der Waals surface area (Å²) in [5.41, 5.74) is 8.14. The molecule has 8 heterocycles. The summed E-state index contributed by atoms with van der Waals surface area (Å²) in [6.07, 6.45) is 6.03. The zero-order chi connectivity index (χ0) is 40.4. The van der Waals surface area contributed by atoms with E-state index in [0.29, 0.717) is 23.1 Å². The molecule has 0 aromatic carbocycles. The quantitative estimate of drug-likeness (QED) is 0.0773. The fourth-order valence-electron chi connectivity index (χ4n) is 4.46. The van der Waals surface area contributed by atoms with Crippen molar-refractivity contribution >= 4 is 23.1 Å². The minimum Gasteiger partial charge on any atom is -0.457 e. The van der Waals surface area contributed by atoms with E-state index in [1.807, 2.05) is 79.7 Å². The average molecular weight is 960 g/mol. The maximum atomic E-state index is 8.49. The molecule has 0 aliphatic rings. The summed E-state index contributed by atoms with van der Waals surface area (Å²) in [6.45, 7) is 15.7. The summed E-state index contributed by atoms with van der Waals surface area (Å²) >= 11 is 0. The Morgan fingerprint density at radius 3 is 1.05 bits per heavy atom. The summed E-state index contributed by atoms with van der Waals surface area (Å²) in [6, 6.07) is 7.90. The smallest absolute Gasteiger partial charge is 0.457 e. The van der Waals surface area contributed by atoms with E-state index in [4.69, 9.17) is 37.3 Å². The third-order valence-corrected chi connectivity index (χ3v) is 6.23. The Kier molecular flexibility index (Phi) is 30.1. The van der Waals surface area contributed by atoms with Crippen LogP contribution in [0.1, 0.15) is 45.6 Å². The van der Waals surface area contributed by atoms with Crippen LogP contribution in [-0.4, -0.2) is 70.1 Å². The van der Waals surface area contributed by atoms with Crippen molar-refractivity contribution in [3.63, 3.8) is 0 Å². The van der Waals surface area contributed by atoms with Crippen molar-refractivity contribution in [1.29, 1.82) is 0 Å². The summed E-state index contributed by atoms with van der Waals surface area (Å²) in [5.74, 6) is 2.68. The Labute approximate surface area is 358 Å². The Balaban J connectivity index is -0.000000206. The van der Waals surface area contributed by atoms with Gasteiger partial charge in [0, 0.05) is 34.9 Å². The molecule has 61 heavy (non-hydrogen) atoms. The molecule has 0 unspecified atom stereocenters. The van der Waals surface area contributed by atoms with Crippen molar-refractivity contribution in [3.8, 4) is 0 Å². The molecule has 33 heteroatoms. The van der Waals surface area contributed by atoms with Crippen LogP contribution in [0.5, 0.6) is 0 Å². The van der Waals surface area contributed by atoms with E-state index in [0.717, 1.165) is 45.6 Å². The summed E-state index contributed by atoms with van der Waals surface area (Å²) in [5, 5.41) is 16.0. The van der Waals surface area contributed by atoms with Gasteiger partial charge in [0.2, 0.25) is 0 Å². The first kappa shape index (κ1) is 64.9. The third-order valence-electron chi connectivity index (χ3n) is 6.23. The molecule has 16 N–H and O–H groups in total. The Morgan fingerprint density at radius 2 is 0.754 bits per heavy atom. The van der Waals surface area contributed by atoms with E-state index >= 15 is 0 Å². The normalized spacial score (nSPS) is 9.70. The predicted molar refractivity (Wildman–Crippen MR) is 183 cm³/mol. The maximum absolute atomic E-state index is 8.49. The first-order chi connectivity index (χ1) is 25.1. The molecule has 0 atom stereocenters. The SMILES string of the molecule is Cc1cc(C)[n+]2[n-]cnc2n1.Cc1cc(C)[n+]2[n-]cnc2n1.Cc1cc(C)n2ncnc2n1.Cc1cc(C)n2ncnc2n1.O.O.[Fe+2].[O-][Cl+3]([O-])([O-])[O-].[O-][Cl+3]([O-])([O-])[O-].[OH3+].[OH3+].[OH3+].[OH3+]. The van der Waals surface area contributed by atoms with Gasteiger partial charge in [-0.25, -0.2) is 65.3 Å². The number of hydrogen-bond donors (Lipinski definition) is 0. The van der Waals surface area contributed by atoms with Crippen LogP contribution in [0.4, 0.5) is 0 Å². The van der Waals surface area contributed by atoms with Crippen molar-refractivity contribution in [3.05, 3.63) is 95.1 Å². The van der Waals surface area contributed by atoms with Gasteiger partial charge in [0.25, 0.3) is 23.1 Å².